The summed E-state index contributed by atoms with van der Waals surface area (Å²) in [5.41, 5.74) is 12.7. The average Bonchev–Trinajstić information content (AvgIpc) is 2.26. The molecule has 3 heteroatoms. The van der Waals surface area contributed by atoms with E-state index in [9.17, 15) is 0 Å². The second-order valence-electron chi connectivity index (χ2n) is 3.80. The highest BCUT2D eigenvalue weighted by molar-refractivity contribution is 5.15. The second-order valence-corrected chi connectivity index (χ2v) is 3.80. The first kappa shape index (κ1) is 12.2. The fraction of sp³-hybridized carbons (Fsp3) is 0.500. The molecule has 84 valence electrons. The molecule has 0 aliphatic rings. The predicted molar refractivity (Wildman–Crippen MR) is 64.7 cm³/mol. The van der Waals surface area contributed by atoms with E-state index >= 15 is 0 Å². The van der Waals surface area contributed by atoms with Crippen LogP contribution in [0.4, 0.5) is 0 Å². The highest BCUT2D eigenvalue weighted by atomic mass is 14.9. The Hall–Kier alpha value is -0.900. The van der Waals surface area contributed by atoms with E-state index in [4.69, 9.17) is 11.5 Å². The zero-order valence-corrected chi connectivity index (χ0v) is 9.15. The monoisotopic (exact) mass is 207 g/mol. The van der Waals surface area contributed by atoms with Crippen molar-refractivity contribution in [2.45, 2.75) is 18.9 Å². The van der Waals surface area contributed by atoms with E-state index in [1.165, 1.54) is 5.56 Å². The van der Waals surface area contributed by atoms with Crippen molar-refractivity contribution in [2.75, 3.05) is 19.6 Å². The van der Waals surface area contributed by atoms with E-state index in [-0.39, 0.29) is 6.04 Å². The molecule has 5 N–H and O–H groups in total. The van der Waals surface area contributed by atoms with Gasteiger partial charge in [0.25, 0.3) is 0 Å². The van der Waals surface area contributed by atoms with Gasteiger partial charge < -0.3 is 16.8 Å². The van der Waals surface area contributed by atoms with Crippen molar-refractivity contribution in [1.82, 2.24) is 5.32 Å². The minimum absolute atomic E-state index is 0.185. The Balaban J connectivity index is 2.16. The van der Waals surface area contributed by atoms with E-state index in [1.54, 1.807) is 0 Å². The van der Waals surface area contributed by atoms with Gasteiger partial charge in [0.2, 0.25) is 0 Å². The minimum Gasteiger partial charge on any atom is -0.330 e. The van der Waals surface area contributed by atoms with Crippen LogP contribution >= 0.6 is 0 Å². The van der Waals surface area contributed by atoms with E-state index < -0.39 is 0 Å². The molecular formula is C12H21N3. The number of hydrogen-bond acceptors (Lipinski definition) is 3. The van der Waals surface area contributed by atoms with Crippen molar-refractivity contribution >= 4 is 0 Å². The molecule has 0 aliphatic heterocycles. The summed E-state index contributed by atoms with van der Waals surface area (Å²) < 4.78 is 0. The van der Waals surface area contributed by atoms with Gasteiger partial charge >= 0.3 is 0 Å². The summed E-state index contributed by atoms with van der Waals surface area (Å²) in [4.78, 5) is 0. The highest BCUT2D eigenvalue weighted by Gasteiger charge is 2.02. The molecule has 0 radical (unpaired) electrons. The summed E-state index contributed by atoms with van der Waals surface area (Å²) in [6.45, 7) is 2.55. The molecule has 3 nitrogen and oxygen atoms in total. The van der Waals surface area contributed by atoms with Crippen LogP contribution in [0.5, 0.6) is 0 Å². The fourth-order valence-corrected chi connectivity index (χ4v) is 1.50. The molecule has 0 saturated heterocycles. The molecule has 0 aromatic heterocycles. The summed E-state index contributed by atoms with van der Waals surface area (Å²) >= 11 is 0. The van der Waals surface area contributed by atoms with Crippen LogP contribution in [0.25, 0.3) is 0 Å². The van der Waals surface area contributed by atoms with Gasteiger partial charge in [0.15, 0.2) is 0 Å². The first-order valence-corrected chi connectivity index (χ1v) is 5.53. The summed E-state index contributed by atoms with van der Waals surface area (Å²) in [5.74, 6) is 0. The Morgan fingerprint density at radius 2 is 1.93 bits per heavy atom. The van der Waals surface area contributed by atoms with Gasteiger partial charge in [-0.25, -0.2) is 0 Å². The van der Waals surface area contributed by atoms with Crippen molar-refractivity contribution in [3.8, 4) is 0 Å². The van der Waals surface area contributed by atoms with Crippen LogP contribution in [0.3, 0.4) is 0 Å². The van der Waals surface area contributed by atoms with E-state index in [0.29, 0.717) is 0 Å². The van der Waals surface area contributed by atoms with Gasteiger partial charge in [0.1, 0.15) is 0 Å². The van der Waals surface area contributed by atoms with Crippen LogP contribution in [-0.2, 0) is 6.42 Å². The molecule has 1 rings (SSSR count). The van der Waals surface area contributed by atoms with Crippen LogP contribution in [0.2, 0.25) is 0 Å². The van der Waals surface area contributed by atoms with Crippen LogP contribution in [0.15, 0.2) is 30.3 Å². The van der Waals surface area contributed by atoms with E-state index in [0.717, 1.165) is 32.5 Å². The zero-order chi connectivity index (χ0) is 10.9. The molecule has 0 spiro atoms. The lowest BCUT2D eigenvalue weighted by Gasteiger charge is -2.12. The molecule has 1 aromatic rings. The lowest BCUT2D eigenvalue weighted by atomic mass is 10.1. The lowest BCUT2D eigenvalue weighted by Crippen LogP contribution is -2.36. The Bertz CT molecular complexity index is 248. The maximum atomic E-state index is 5.99. The maximum Gasteiger partial charge on any atom is 0.0206 e. The Morgan fingerprint density at radius 3 is 2.60 bits per heavy atom. The average molecular weight is 207 g/mol. The van der Waals surface area contributed by atoms with Crippen LogP contribution in [0, 0.1) is 0 Å². The maximum absolute atomic E-state index is 5.99. The topological polar surface area (TPSA) is 64.1 Å². The van der Waals surface area contributed by atoms with Gasteiger partial charge in [-0.1, -0.05) is 30.3 Å². The summed E-state index contributed by atoms with van der Waals surface area (Å²) in [6, 6.07) is 10.5. The standard InChI is InChI=1S/C12H21N3/c13-7-4-8-15-10-12(14)9-11-5-2-1-3-6-11/h1-3,5-6,12,15H,4,7-10,13-14H2/t12-/m0/s1. The number of benzene rings is 1. The smallest absolute Gasteiger partial charge is 0.0206 e. The normalized spacial score (nSPS) is 12.7. The molecule has 1 atom stereocenters. The molecule has 0 aliphatic carbocycles. The summed E-state index contributed by atoms with van der Waals surface area (Å²) in [5, 5.41) is 3.30. The third kappa shape index (κ3) is 5.52. The van der Waals surface area contributed by atoms with Crippen molar-refractivity contribution < 1.29 is 0 Å². The molecule has 0 amide bonds. The van der Waals surface area contributed by atoms with Crippen molar-refractivity contribution in [3.63, 3.8) is 0 Å². The fourth-order valence-electron chi connectivity index (χ4n) is 1.50. The SMILES string of the molecule is NCCCNC[C@@H](N)Cc1ccccc1. The second kappa shape index (κ2) is 7.40. The summed E-state index contributed by atoms with van der Waals surface area (Å²) in [6.07, 6.45) is 1.94. The third-order valence-corrected chi connectivity index (χ3v) is 2.30. The molecular weight excluding hydrogens is 186 g/mol. The number of nitrogens with two attached hydrogens (primary N) is 2. The van der Waals surface area contributed by atoms with Gasteiger partial charge in [-0.2, -0.15) is 0 Å². The highest BCUT2D eigenvalue weighted by Crippen LogP contribution is 2.00. The Labute approximate surface area is 91.9 Å². The minimum atomic E-state index is 0.185. The van der Waals surface area contributed by atoms with Crippen LogP contribution in [-0.4, -0.2) is 25.7 Å². The Morgan fingerprint density at radius 1 is 1.20 bits per heavy atom. The summed E-state index contributed by atoms with van der Waals surface area (Å²) in [7, 11) is 0. The van der Waals surface area contributed by atoms with E-state index in [2.05, 4.69) is 17.4 Å². The first-order valence-electron chi connectivity index (χ1n) is 5.53. The Kier molecular flexibility index (Phi) is 6.00. The molecule has 0 fully saturated rings. The predicted octanol–water partition coefficient (Wildman–Crippen LogP) is 0.495. The lowest BCUT2D eigenvalue weighted by molar-refractivity contribution is 0.564. The van der Waals surface area contributed by atoms with Crippen molar-refractivity contribution in [2.24, 2.45) is 11.5 Å². The van der Waals surface area contributed by atoms with Crippen LogP contribution < -0.4 is 16.8 Å². The molecule has 0 saturated carbocycles. The van der Waals surface area contributed by atoms with Gasteiger partial charge in [-0.3, -0.25) is 0 Å². The molecule has 0 unspecified atom stereocenters. The zero-order valence-electron chi connectivity index (χ0n) is 9.15. The van der Waals surface area contributed by atoms with Gasteiger partial charge in [-0.05, 0) is 31.5 Å². The van der Waals surface area contributed by atoms with Crippen molar-refractivity contribution in [3.05, 3.63) is 35.9 Å². The molecule has 0 bridgehead atoms. The number of nitrogens with one attached hydrogen (secondary N) is 1. The number of rotatable bonds is 7. The van der Waals surface area contributed by atoms with Gasteiger partial charge in [0.05, 0.1) is 0 Å². The largest absolute Gasteiger partial charge is 0.330 e. The van der Waals surface area contributed by atoms with Gasteiger partial charge in [-0.15, -0.1) is 0 Å². The van der Waals surface area contributed by atoms with Crippen LogP contribution in [0.1, 0.15) is 12.0 Å². The molecule has 0 heterocycles. The number of hydrogen-bond donors (Lipinski definition) is 3. The van der Waals surface area contributed by atoms with E-state index in [1.807, 2.05) is 18.2 Å². The third-order valence-electron chi connectivity index (χ3n) is 2.30. The quantitative estimate of drug-likeness (QED) is 0.570. The van der Waals surface area contributed by atoms with Gasteiger partial charge in [0, 0.05) is 12.6 Å². The molecule has 15 heavy (non-hydrogen) atoms. The molecule has 1 aromatic carbocycles. The first-order chi connectivity index (χ1) is 7.33. The van der Waals surface area contributed by atoms with Crippen molar-refractivity contribution in [1.29, 1.82) is 0 Å².